The molecule has 1 aliphatic rings. The Bertz CT molecular complexity index is 2030. The summed E-state index contributed by atoms with van der Waals surface area (Å²) in [6.45, 7) is 11.7. The molecule has 2 aromatic heterocycles. The number of fused-ring (bicyclic) bond motifs is 3. The van der Waals surface area contributed by atoms with Crippen molar-refractivity contribution in [2.75, 3.05) is 4.90 Å². The summed E-state index contributed by atoms with van der Waals surface area (Å²) in [5.74, 6) is 0. The second-order valence-electron chi connectivity index (χ2n) is 11.5. The highest BCUT2D eigenvalue weighted by Crippen LogP contribution is 2.53. The summed E-state index contributed by atoms with van der Waals surface area (Å²) >= 11 is 1.59. The van der Waals surface area contributed by atoms with Crippen LogP contribution in [0.4, 0.5) is 17.1 Å². The van der Waals surface area contributed by atoms with E-state index >= 15 is 0 Å². The third-order valence-electron chi connectivity index (χ3n) is 8.42. The zero-order chi connectivity index (χ0) is 31.0. The van der Waals surface area contributed by atoms with E-state index in [9.17, 15) is 5.26 Å². The lowest BCUT2D eigenvalue weighted by atomic mass is 9.83. The molecule has 45 heavy (non-hydrogen) atoms. The lowest BCUT2D eigenvalue weighted by Gasteiger charge is -2.28. The lowest BCUT2D eigenvalue weighted by Crippen LogP contribution is -2.17. The third kappa shape index (κ3) is 5.10. The normalized spacial score (nSPS) is 12.9. The molecule has 6 aromatic rings. The fourth-order valence-corrected chi connectivity index (χ4v) is 7.30. The Kier molecular flexibility index (Phi) is 7.10. The van der Waals surface area contributed by atoms with Gasteiger partial charge in [0.15, 0.2) is 0 Å². The Morgan fingerprint density at radius 1 is 0.756 bits per heavy atom. The van der Waals surface area contributed by atoms with Gasteiger partial charge >= 0.3 is 0 Å². The number of anilines is 3. The highest BCUT2D eigenvalue weighted by atomic mass is 32.1. The number of thiophene rings is 1. The monoisotopic (exact) mass is 596 g/mol. The number of allylic oxidation sites excluding steroid dienone is 1. The SMILES string of the molecule is [C-]#[N+]/C(C#N)=C\c1cc2c(s1)-c1ncc(N(c3ccc(-c4ccccc4)cc3)c3ccc(-c4ccccc4)cc3)cc1C2(C)C. The smallest absolute Gasteiger partial charge is 0.263 e. The van der Waals surface area contributed by atoms with Crippen LogP contribution < -0.4 is 4.90 Å². The second kappa shape index (κ2) is 11.4. The van der Waals surface area contributed by atoms with E-state index in [4.69, 9.17) is 11.6 Å². The number of aromatic nitrogens is 1. The van der Waals surface area contributed by atoms with Gasteiger partial charge in [-0.1, -0.05) is 98.8 Å². The standard InChI is InChI=1S/C40H28N4S/c1-40(2)36-23-34(26-43-38(36)39-37(40)24-35(45-39)22-31(25-41)42-3)44(32-18-14-29(15-19-32)27-10-6-4-7-11-27)33-20-16-30(17-21-33)28-12-8-5-9-13-28/h4-24,26H,1-2H3/b31-22-. The first kappa shape index (κ1) is 28.0. The summed E-state index contributed by atoms with van der Waals surface area (Å²) in [6, 6.07) is 44.6. The Hall–Kier alpha value is -5.75. The first-order valence-electron chi connectivity index (χ1n) is 14.7. The van der Waals surface area contributed by atoms with Crippen LogP contribution in [0.5, 0.6) is 0 Å². The van der Waals surface area contributed by atoms with Crippen molar-refractivity contribution in [2.24, 2.45) is 0 Å². The van der Waals surface area contributed by atoms with E-state index in [0.717, 1.165) is 38.1 Å². The van der Waals surface area contributed by atoms with Gasteiger partial charge in [-0.15, -0.1) is 11.3 Å². The average Bonchev–Trinajstić information content (AvgIpc) is 3.61. The topological polar surface area (TPSA) is 44.3 Å². The molecular formula is C40H28N4S. The second-order valence-corrected chi connectivity index (χ2v) is 12.6. The Morgan fingerprint density at radius 3 is 1.80 bits per heavy atom. The summed E-state index contributed by atoms with van der Waals surface area (Å²) in [5.41, 5.74) is 10.9. The molecule has 0 spiro atoms. The van der Waals surface area contributed by atoms with Gasteiger partial charge in [0.2, 0.25) is 0 Å². The zero-order valence-corrected chi connectivity index (χ0v) is 25.7. The van der Waals surface area contributed by atoms with Gasteiger partial charge in [-0.05, 0) is 75.9 Å². The van der Waals surface area contributed by atoms with E-state index in [0.29, 0.717) is 0 Å². The molecule has 0 radical (unpaired) electrons. The maximum atomic E-state index is 9.27. The highest BCUT2D eigenvalue weighted by Gasteiger charge is 2.39. The third-order valence-corrected chi connectivity index (χ3v) is 9.51. The van der Waals surface area contributed by atoms with Crippen LogP contribution in [-0.4, -0.2) is 4.98 Å². The molecule has 0 bridgehead atoms. The van der Waals surface area contributed by atoms with Crippen LogP contribution in [0.3, 0.4) is 0 Å². The van der Waals surface area contributed by atoms with Crippen molar-refractivity contribution in [3.8, 4) is 38.9 Å². The summed E-state index contributed by atoms with van der Waals surface area (Å²) in [6.07, 6.45) is 3.62. The molecule has 5 heteroatoms. The molecule has 7 rings (SSSR count). The van der Waals surface area contributed by atoms with Crippen LogP contribution >= 0.6 is 11.3 Å². The minimum absolute atomic E-state index is 0.0865. The van der Waals surface area contributed by atoms with Crippen LogP contribution in [0.1, 0.15) is 29.9 Å². The molecule has 0 saturated carbocycles. The van der Waals surface area contributed by atoms with Crippen LogP contribution in [0.2, 0.25) is 0 Å². The van der Waals surface area contributed by atoms with E-state index in [1.807, 2.05) is 24.4 Å². The number of hydrogen-bond acceptors (Lipinski definition) is 4. The van der Waals surface area contributed by atoms with E-state index in [-0.39, 0.29) is 11.1 Å². The predicted octanol–water partition coefficient (Wildman–Crippen LogP) is 11.0. The fraction of sp³-hybridized carbons (Fsp3) is 0.0750. The zero-order valence-electron chi connectivity index (χ0n) is 24.9. The van der Waals surface area contributed by atoms with Gasteiger partial charge in [0.25, 0.3) is 5.70 Å². The molecule has 0 atom stereocenters. The maximum Gasteiger partial charge on any atom is 0.263 e. The van der Waals surface area contributed by atoms with Crippen molar-refractivity contribution in [3.63, 3.8) is 0 Å². The minimum atomic E-state index is -0.290. The Labute approximate surface area is 267 Å². The molecule has 2 heterocycles. The van der Waals surface area contributed by atoms with Crippen molar-refractivity contribution in [1.82, 2.24) is 4.98 Å². The number of rotatable bonds is 6. The molecule has 0 N–H and O–H groups in total. The van der Waals surface area contributed by atoms with E-state index in [1.165, 1.54) is 27.8 Å². The highest BCUT2D eigenvalue weighted by molar-refractivity contribution is 7.16. The molecule has 0 aliphatic heterocycles. The van der Waals surface area contributed by atoms with Crippen molar-refractivity contribution >= 4 is 34.5 Å². The lowest BCUT2D eigenvalue weighted by molar-refractivity contribution is 0.660. The minimum Gasteiger partial charge on any atom is -0.309 e. The molecule has 4 nitrogen and oxygen atoms in total. The van der Waals surface area contributed by atoms with Gasteiger partial charge in [-0.25, -0.2) is 10.1 Å². The Morgan fingerprint density at radius 2 is 1.29 bits per heavy atom. The number of hydrogen-bond donors (Lipinski definition) is 0. The first-order valence-corrected chi connectivity index (χ1v) is 15.5. The Balaban J connectivity index is 1.32. The molecule has 0 unspecified atom stereocenters. The molecular weight excluding hydrogens is 569 g/mol. The van der Waals surface area contributed by atoms with Crippen LogP contribution in [0, 0.1) is 17.9 Å². The number of pyridine rings is 1. The molecule has 0 amide bonds. The van der Waals surface area contributed by atoms with Crippen molar-refractivity contribution in [2.45, 2.75) is 19.3 Å². The molecule has 0 fully saturated rings. The van der Waals surface area contributed by atoms with Gasteiger partial charge in [0.05, 0.1) is 35.1 Å². The fourth-order valence-electron chi connectivity index (χ4n) is 6.04. The van der Waals surface area contributed by atoms with E-state index < -0.39 is 0 Å². The summed E-state index contributed by atoms with van der Waals surface area (Å²) in [4.78, 5) is 12.7. The van der Waals surface area contributed by atoms with Gasteiger partial charge < -0.3 is 4.90 Å². The number of nitriles is 1. The van der Waals surface area contributed by atoms with Crippen LogP contribution in [-0.2, 0) is 5.41 Å². The first-order chi connectivity index (χ1) is 22.0. The number of benzene rings is 4. The summed E-state index contributed by atoms with van der Waals surface area (Å²) in [7, 11) is 0. The van der Waals surface area contributed by atoms with Gasteiger partial charge in [0.1, 0.15) is 0 Å². The van der Waals surface area contributed by atoms with Crippen molar-refractivity contribution in [1.29, 1.82) is 5.26 Å². The van der Waals surface area contributed by atoms with Gasteiger partial charge in [-0.2, -0.15) is 0 Å². The molecule has 0 saturated heterocycles. The molecule has 4 aromatic carbocycles. The maximum absolute atomic E-state index is 9.27. The summed E-state index contributed by atoms with van der Waals surface area (Å²) < 4.78 is 0. The average molecular weight is 597 g/mol. The van der Waals surface area contributed by atoms with Crippen molar-refractivity contribution in [3.05, 3.63) is 161 Å². The summed E-state index contributed by atoms with van der Waals surface area (Å²) in [5, 5.41) is 9.27. The molecule has 1 aliphatic carbocycles. The van der Waals surface area contributed by atoms with Crippen molar-refractivity contribution < 1.29 is 0 Å². The molecule has 214 valence electrons. The van der Waals surface area contributed by atoms with Gasteiger partial charge in [-0.3, -0.25) is 4.98 Å². The van der Waals surface area contributed by atoms with E-state index in [2.05, 4.69) is 133 Å². The van der Waals surface area contributed by atoms with Crippen LogP contribution in [0.15, 0.2) is 133 Å². The number of nitrogens with zero attached hydrogens (tertiary/aromatic N) is 4. The van der Waals surface area contributed by atoms with Crippen LogP contribution in [0.25, 0.3) is 43.7 Å². The van der Waals surface area contributed by atoms with E-state index in [1.54, 1.807) is 17.4 Å². The predicted molar refractivity (Wildman–Crippen MR) is 185 cm³/mol. The van der Waals surface area contributed by atoms with Gasteiger partial charge in [0, 0.05) is 21.7 Å². The largest absolute Gasteiger partial charge is 0.309 e. The quantitative estimate of drug-likeness (QED) is 0.142.